The quantitative estimate of drug-likeness (QED) is 0.790. The fourth-order valence-electron chi connectivity index (χ4n) is 3.64. The number of likely N-dealkylation sites (N-methyl/N-ethyl adjacent to an activating group) is 1. The van der Waals surface area contributed by atoms with Gasteiger partial charge in [0, 0.05) is 59.8 Å². The van der Waals surface area contributed by atoms with Gasteiger partial charge in [-0.25, -0.2) is 4.39 Å². The van der Waals surface area contributed by atoms with E-state index in [2.05, 4.69) is 30.3 Å². The van der Waals surface area contributed by atoms with E-state index in [1.165, 1.54) is 11.0 Å². The summed E-state index contributed by atoms with van der Waals surface area (Å²) in [5, 5.41) is 0. The topological polar surface area (TPSA) is 36.4 Å². The Labute approximate surface area is 164 Å². The predicted octanol–water partition coefficient (Wildman–Crippen LogP) is 4.54. The standard InChI is InChI=1S/C23H22FN3O/c1-14(2)27-13-16(6-5-15(27)3)18-7-19(12-25-11-18)20-8-17-9-23(28)26(4)22(17)10-21(20)24/h5-8,10-14H,3,9H2,1-2,4H3. The Bertz CT molecular complexity index is 1050. The Morgan fingerprint density at radius 3 is 2.64 bits per heavy atom. The molecule has 0 saturated heterocycles. The summed E-state index contributed by atoms with van der Waals surface area (Å²) in [6.45, 7) is 8.27. The van der Waals surface area contributed by atoms with Gasteiger partial charge in [0.15, 0.2) is 0 Å². The Morgan fingerprint density at radius 1 is 1.14 bits per heavy atom. The molecule has 1 aromatic heterocycles. The van der Waals surface area contributed by atoms with E-state index >= 15 is 0 Å². The minimum absolute atomic E-state index is 0.0232. The zero-order valence-electron chi connectivity index (χ0n) is 16.2. The van der Waals surface area contributed by atoms with Crippen molar-refractivity contribution < 1.29 is 9.18 Å². The normalized spacial score (nSPS) is 16.1. The van der Waals surface area contributed by atoms with Crippen LogP contribution in [0.1, 0.15) is 25.0 Å². The smallest absolute Gasteiger partial charge is 0.231 e. The van der Waals surface area contributed by atoms with Gasteiger partial charge in [0.05, 0.1) is 6.42 Å². The molecule has 0 saturated carbocycles. The molecular formula is C23H22FN3O. The van der Waals surface area contributed by atoms with Crippen molar-refractivity contribution in [1.82, 2.24) is 9.88 Å². The third-order valence-electron chi connectivity index (χ3n) is 5.25. The summed E-state index contributed by atoms with van der Waals surface area (Å²) in [4.78, 5) is 19.9. The fraction of sp³-hybridized carbons (Fsp3) is 0.217. The molecule has 3 heterocycles. The van der Waals surface area contributed by atoms with Gasteiger partial charge in [-0.2, -0.15) is 0 Å². The number of anilines is 1. The third kappa shape index (κ3) is 3.03. The lowest BCUT2D eigenvalue weighted by atomic mass is 9.98. The molecule has 1 aromatic carbocycles. The van der Waals surface area contributed by atoms with Gasteiger partial charge in [-0.15, -0.1) is 0 Å². The van der Waals surface area contributed by atoms with Crippen molar-refractivity contribution in [3.05, 3.63) is 78.2 Å². The molecule has 0 atom stereocenters. The van der Waals surface area contributed by atoms with Crippen LogP contribution in [0.2, 0.25) is 0 Å². The van der Waals surface area contributed by atoms with Crippen LogP contribution in [0, 0.1) is 5.82 Å². The van der Waals surface area contributed by atoms with E-state index in [9.17, 15) is 9.18 Å². The predicted molar refractivity (Wildman–Crippen MR) is 110 cm³/mol. The first-order chi connectivity index (χ1) is 13.3. The van der Waals surface area contributed by atoms with Gasteiger partial charge in [-0.05, 0) is 49.3 Å². The molecule has 0 fully saturated rings. The average Bonchev–Trinajstić information content (AvgIpc) is 2.95. The number of carbonyl (C=O) groups is 1. The molecule has 0 aliphatic carbocycles. The Kier molecular flexibility index (Phi) is 4.38. The van der Waals surface area contributed by atoms with E-state index in [1.807, 2.05) is 24.4 Å². The first-order valence-corrected chi connectivity index (χ1v) is 9.27. The molecule has 5 heteroatoms. The highest BCUT2D eigenvalue weighted by atomic mass is 19.1. The summed E-state index contributed by atoms with van der Waals surface area (Å²) < 4.78 is 14.8. The molecule has 0 radical (unpaired) electrons. The summed E-state index contributed by atoms with van der Waals surface area (Å²) in [6, 6.07) is 5.42. The van der Waals surface area contributed by atoms with Gasteiger partial charge in [-0.1, -0.05) is 12.7 Å². The number of rotatable bonds is 3. The maximum Gasteiger partial charge on any atom is 0.231 e. The van der Waals surface area contributed by atoms with E-state index < -0.39 is 0 Å². The average molecular weight is 375 g/mol. The number of fused-ring (bicyclic) bond motifs is 1. The highest BCUT2D eigenvalue weighted by Gasteiger charge is 2.26. The van der Waals surface area contributed by atoms with E-state index in [0.29, 0.717) is 23.2 Å². The van der Waals surface area contributed by atoms with Crippen molar-refractivity contribution in [2.75, 3.05) is 11.9 Å². The van der Waals surface area contributed by atoms with E-state index in [4.69, 9.17) is 0 Å². The molecule has 2 aliphatic heterocycles. The number of pyridine rings is 1. The van der Waals surface area contributed by atoms with Crippen molar-refractivity contribution in [3.63, 3.8) is 0 Å². The van der Waals surface area contributed by atoms with Crippen LogP contribution in [-0.2, 0) is 11.2 Å². The summed E-state index contributed by atoms with van der Waals surface area (Å²) >= 11 is 0. The highest BCUT2D eigenvalue weighted by Crippen LogP contribution is 2.35. The van der Waals surface area contributed by atoms with Gasteiger partial charge in [-0.3, -0.25) is 9.78 Å². The molecule has 2 aliphatic rings. The number of hydrogen-bond donors (Lipinski definition) is 0. The fourth-order valence-corrected chi connectivity index (χ4v) is 3.64. The number of amides is 1. The Hall–Kier alpha value is -3.21. The van der Waals surface area contributed by atoms with Crippen molar-refractivity contribution in [2.24, 2.45) is 0 Å². The van der Waals surface area contributed by atoms with Gasteiger partial charge in [0.25, 0.3) is 0 Å². The molecule has 2 aromatic rings. The molecule has 28 heavy (non-hydrogen) atoms. The maximum absolute atomic E-state index is 14.8. The van der Waals surface area contributed by atoms with E-state index in [1.54, 1.807) is 25.5 Å². The van der Waals surface area contributed by atoms with Gasteiger partial charge in [0.1, 0.15) is 5.82 Å². The minimum atomic E-state index is -0.357. The molecule has 0 unspecified atom stereocenters. The summed E-state index contributed by atoms with van der Waals surface area (Å²) in [6.07, 6.45) is 9.73. The largest absolute Gasteiger partial charge is 0.345 e. The second-order valence-corrected chi connectivity index (χ2v) is 7.46. The lowest BCUT2D eigenvalue weighted by Gasteiger charge is -2.29. The van der Waals surface area contributed by atoms with Gasteiger partial charge in [0.2, 0.25) is 5.91 Å². The lowest BCUT2D eigenvalue weighted by Crippen LogP contribution is -2.25. The summed E-state index contributed by atoms with van der Waals surface area (Å²) in [5.41, 5.74) is 5.46. The number of aromatic nitrogens is 1. The van der Waals surface area contributed by atoms with Gasteiger partial charge >= 0.3 is 0 Å². The van der Waals surface area contributed by atoms with Crippen LogP contribution in [0.15, 0.2) is 61.2 Å². The molecule has 4 nitrogen and oxygen atoms in total. The van der Waals surface area contributed by atoms with E-state index in [0.717, 1.165) is 22.4 Å². The van der Waals surface area contributed by atoms with Crippen LogP contribution in [0.5, 0.6) is 0 Å². The molecule has 0 bridgehead atoms. The number of halogens is 1. The monoisotopic (exact) mass is 375 g/mol. The molecule has 4 rings (SSSR count). The van der Waals surface area contributed by atoms with Crippen LogP contribution in [0.3, 0.4) is 0 Å². The minimum Gasteiger partial charge on any atom is -0.345 e. The number of allylic oxidation sites excluding steroid dienone is 3. The van der Waals surface area contributed by atoms with Crippen LogP contribution in [0.25, 0.3) is 16.7 Å². The number of hydrogen-bond acceptors (Lipinski definition) is 3. The van der Waals surface area contributed by atoms with Crippen LogP contribution >= 0.6 is 0 Å². The SMILES string of the molecule is C=C1C=CC(c2cncc(-c3cc4c(cc3F)N(C)C(=O)C4)c2)=CN1C(C)C. The maximum atomic E-state index is 14.8. The Morgan fingerprint density at radius 2 is 1.89 bits per heavy atom. The van der Waals surface area contributed by atoms with Crippen LogP contribution in [0.4, 0.5) is 10.1 Å². The number of nitrogens with zero attached hydrogens (tertiary/aromatic N) is 3. The van der Waals surface area contributed by atoms with Crippen molar-refractivity contribution in [3.8, 4) is 11.1 Å². The molecule has 0 N–H and O–H groups in total. The van der Waals surface area contributed by atoms with Crippen LogP contribution < -0.4 is 4.90 Å². The van der Waals surface area contributed by atoms with Crippen molar-refractivity contribution in [1.29, 1.82) is 0 Å². The number of benzene rings is 1. The second-order valence-electron chi connectivity index (χ2n) is 7.46. The summed E-state index contributed by atoms with van der Waals surface area (Å²) in [5.74, 6) is -0.380. The third-order valence-corrected chi connectivity index (χ3v) is 5.25. The van der Waals surface area contributed by atoms with E-state index in [-0.39, 0.29) is 17.8 Å². The Balaban J connectivity index is 1.74. The molecule has 142 valence electrons. The first kappa shape index (κ1) is 18.2. The second kappa shape index (κ2) is 6.75. The highest BCUT2D eigenvalue weighted by molar-refractivity contribution is 6.01. The summed E-state index contributed by atoms with van der Waals surface area (Å²) in [7, 11) is 1.67. The molecule has 1 amide bonds. The molecular weight excluding hydrogens is 353 g/mol. The van der Waals surface area contributed by atoms with Gasteiger partial charge < -0.3 is 9.80 Å². The van der Waals surface area contributed by atoms with Crippen molar-refractivity contribution in [2.45, 2.75) is 26.3 Å². The van der Waals surface area contributed by atoms with Crippen molar-refractivity contribution >= 4 is 17.2 Å². The van der Waals surface area contributed by atoms with Crippen LogP contribution in [-0.4, -0.2) is 28.9 Å². The molecule has 0 spiro atoms. The lowest BCUT2D eigenvalue weighted by molar-refractivity contribution is -0.117. The zero-order chi connectivity index (χ0) is 20.0. The first-order valence-electron chi connectivity index (χ1n) is 9.27. The zero-order valence-corrected chi connectivity index (χ0v) is 16.2. The number of carbonyl (C=O) groups excluding carboxylic acids is 1.